The van der Waals surface area contributed by atoms with Gasteiger partial charge in [0.1, 0.15) is 5.76 Å². The van der Waals surface area contributed by atoms with Crippen LogP contribution in [0.25, 0.3) is 0 Å². The number of aliphatic hydroxyl groups is 1. The van der Waals surface area contributed by atoms with E-state index in [2.05, 4.69) is 19.2 Å². The molecule has 0 aliphatic rings. The fourth-order valence-corrected chi connectivity index (χ4v) is 1.47. The molecular formula is C11H19NO2. The van der Waals surface area contributed by atoms with E-state index in [4.69, 9.17) is 4.42 Å². The third-order valence-corrected chi connectivity index (χ3v) is 2.87. The Morgan fingerprint density at radius 2 is 2.14 bits per heavy atom. The molecule has 0 saturated carbocycles. The van der Waals surface area contributed by atoms with Crippen LogP contribution in [0.5, 0.6) is 0 Å². The summed E-state index contributed by atoms with van der Waals surface area (Å²) in [6.07, 6.45) is 3.50. The van der Waals surface area contributed by atoms with Gasteiger partial charge in [0, 0.05) is 5.54 Å². The Labute approximate surface area is 85.1 Å². The summed E-state index contributed by atoms with van der Waals surface area (Å²) in [7, 11) is 0. The van der Waals surface area contributed by atoms with Crippen molar-refractivity contribution in [3.05, 3.63) is 24.2 Å². The normalized spacial score (nSPS) is 11.9. The van der Waals surface area contributed by atoms with E-state index >= 15 is 0 Å². The lowest BCUT2D eigenvalue weighted by Crippen LogP contribution is -2.46. The fourth-order valence-electron chi connectivity index (χ4n) is 1.47. The summed E-state index contributed by atoms with van der Waals surface area (Å²) in [6.45, 7) is 5.00. The van der Waals surface area contributed by atoms with Crippen molar-refractivity contribution < 1.29 is 9.52 Å². The van der Waals surface area contributed by atoms with Crippen LogP contribution in [-0.4, -0.2) is 17.3 Å². The van der Waals surface area contributed by atoms with Crippen molar-refractivity contribution in [2.24, 2.45) is 0 Å². The van der Waals surface area contributed by atoms with Crippen LogP contribution in [-0.2, 0) is 6.54 Å². The van der Waals surface area contributed by atoms with Crippen LogP contribution in [0.1, 0.15) is 32.4 Å². The highest BCUT2D eigenvalue weighted by Crippen LogP contribution is 2.15. The van der Waals surface area contributed by atoms with Crippen molar-refractivity contribution in [2.45, 2.75) is 38.8 Å². The minimum absolute atomic E-state index is 0.160. The molecule has 0 bridgehead atoms. The Balaban J connectivity index is 2.48. The number of hydrogen-bond acceptors (Lipinski definition) is 3. The minimum Gasteiger partial charge on any atom is -0.468 e. The maximum atomic E-state index is 9.31. The second-order valence-corrected chi connectivity index (χ2v) is 3.58. The topological polar surface area (TPSA) is 45.4 Å². The largest absolute Gasteiger partial charge is 0.468 e. The van der Waals surface area contributed by atoms with Crippen molar-refractivity contribution in [1.82, 2.24) is 5.32 Å². The lowest BCUT2D eigenvalue weighted by molar-refractivity contribution is 0.147. The Morgan fingerprint density at radius 1 is 1.43 bits per heavy atom. The van der Waals surface area contributed by atoms with Gasteiger partial charge >= 0.3 is 0 Å². The fraction of sp³-hybridized carbons (Fsp3) is 0.636. The average molecular weight is 197 g/mol. The summed E-state index contributed by atoms with van der Waals surface area (Å²) in [5, 5.41) is 12.7. The molecule has 0 saturated heterocycles. The zero-order valence-corrected chi connectivity index (χ0v) is 8.92. The molecule has 3 nitrogen and oxygen atoms in total. The maximum absolute atomic E-state index is 9.31. The highest BCUT2D eigenvalue weighted by Gasteiger charge is 2.24. The van der Waals surface area contributed by atoms with E-state index in [0.717, 1.165) is 18.6 Å². The van der Waals surface area contributed by atoms with Crippen molar-refractivity contribution >= 4 is 0 Å². The van der Waals surface area contributed by atoms with Crippen LogP contribution in [0.4, 0.5) is 0 Å². The van der Waals surface area contributed by atoms with Gasteiger partial charge in [-0.3, -0.25) is 0 Å². The number of aliphatic hydroxyl groups excluding tert-OH is 1. The standard InChI is InChI=1S/C11H19NO2/c1-3-11(4-2,9-13)12-8-10-6-5-7-14-10/h5-7,12-13H,3-4,8-9H2,1-2H3. The molecule has 3 heteroatoms. The predicted molar refractivity (Wildman–Crippen MR) is 55.9 cm³/mol. The molecule has 1 aromatic heterocycles. The molecule has 1 rings (SSSR count). The van der Waals surface area contributed by atoms with Gasteiger partial charge in [0.05, 0.1) is 19.4 Å². The monoisotopic (exact) mass is 197 g/mol. The lowest BCUT2D eigenvalue weighted by Gasteiger charge is -2.30. The van der Waals surface area contributed by atoms with Crippen LogP contribution in [0.3, 0.4) is 0 Å². The van der Waals surface area contributed by atoms with Crippen molar-refractivity contribution in [3.63, 3.8) is 0 Å². The second kappa shape index (κ2) is 5.17. The van der Waals surface area contributed by atoms with Gasteiger partial charge < -0.3 is 14.8 Å². The average Bonchev–Trinajstić information content (AvgIpc) is 2.74. The van der Waals surface area contributed by atoms with Crippen LogP contribution < -0.4 is 5.32 Å². The highest BCUT2D eigenvalue weighted by atomic mass is 16.3. The van der Waals surface area contributed by atoms with Crippen LogP contribution in [0, 0.1) is 0 Å². The van der Waals surface area contributed by atoms with E-state index in [1.165, 1.54) is 0 Å². The molecule has 0 amide bonds. The van der Waals surface area contributed by atoms with Gasteiger partial charge in [-0.2, -0.15) is 0 Å². The van der Waals surface area contributed by atoms with Crippen molar-refractivity contribution in [3.8, 4) is 0 Å². The Morgan fingerprint density at radius 3 is 2.57 bits per heavy atom. The van der Waals surface area contributed by atoms with Crippen molar-refractivity contribution in [2.75, 3.05) is 6.61 Å². The van der Waals surface area contributed by atoms with Gasteiger partial charge in [0.2, 0.25) is 0 Å². The zero-order chi connectivity index (χ0) is 10.4. The first-order valence-corrected chi connectivity index (χ1v) is 5.14. The van der Waals surface area contributed by atoms with E-state index in [-0.39, 0.29) is 12.1 Å². The number of rotatable bonds is 6. The van der Waals surface area contributed by atoms with E-state index in [9.17, 15) is 5.11 Å². The minimum atomic E-state index is -0.160. The van der Waals surface area contributed by atoms with Gasteiger partial charge in [-0.05, 0) is 25.0 Å². The molecule has 14 heavy (non-hydrogen) atoms. The first-order chi connectivity index (χ1) is 6.76. The maximum Gasteiger partial charge on any atom is 0.117 e. The molecule has 0 spiro atoms. The van der Waals surface area contributed by atoms with E-state index < -0.39 is 0 Å². The molecule has 0 unspecified atom stereocenters. The summed E-state index contributed by atoms with van der Waals surface area (Å²) in [4.78, 5) is 0. The molecular weight excluding hydrogens is 178 g/mol. The molecule has 0 aromatic carbocycles. The van der Waals surface area contributed by atoms with Crippen LogP contribution in [0.15, 0.2) is 22.8 Å². The van der Waals surface area contributed by atoms with Gasteiger partial charge in [0.15, 0.2) is 0 Å². The number of furan rings is 1. The summed E-state index contributed by atoms with van der Waals surface area (Å²) in [5.41, 5.74) is -0.160. The van der Waals surface area contributed by atoms with Gasteiger partial charge in [-0.25, -0.2) is 0 Å². The van der Waals surface area contributed by atoms with Gasteiger partial charge in [0.25, 0.3) is 0 Å². The second-order valence-electron chi connectivity index (χ2n) is 3.58. The number of hydrogen-bond donors (Lipinski definition) is 2. The van der Waals surface area contributed by atoms with Gasteiger partial charge in [-0.1, -0.05) is 13.8 Å². The van der Waals surface area contributed by atoms with Gasteiger partial charge in [-0.15, -0.1) is 0 Å². The van der Waals surface area contributed by atoms with Crippen LogP contribution >= 0.6 is 0 Å². The van der Waals surface area contributed by atoms with E-state index in [0.29, 0.717) is 6.54 Å². The molecule has 0 fully saturated rings. The molecule has 2 N–H and O–H groups in total. The lowest BCUT2D eigenvalue weighted by atomic mass is 9.94. The first kappa shape index (κ1) is 11.3. The Bertz CT molecular complexity index is 232. The molecule has 0 radical (unpaired) electrons. The summed E-state index contributed by atoms with van der Waals surface area (Å²) >= 11 is 0. The molecule has 0 aliphatic heterocycles. The Hall–Kier alpha value is -0.800. The molecule has 0 aliphatic carbocycles. The third kappa shape index (κ3) is 2.59. The van der Waals surface area contributed by atoms with Crippen LogP contribution in [0.2, 0.25) is 0 Å². The molecule has 0 atom stereocenters. The van der Waals surface area contributed by atoms with E-state index in [1.807, 2.05) is 12.1 Å². The molecule has 1 heterocycles. The molecule has 80 valence electrons. The van der Waals surface area contributed by atoms with Crippen molar-refractivity contribution in [1.29, 1.82) is 0 Å². The summed E-state index contributed by atoms with van der Waals surface area (Å²) in [5.74, 6) is 0.907. The Kier molecular flexibility index (Phi) is 4.17. The third-order valence-electron chi connectivity index (χ3n) is 2.87. The first-order valence-electron chi connectivity index (χ1n) is 5.14. The summed E-state index contributed by atoms with van der Waals surface area (Å²) in [6, 6.07) is 3.80. The SMILES string of the molecule is CCC(CC)(CO)NCc1ccco1. The summed E-state index contributed by atoms with van der Waals surface area (Å²) < 4.78 is 5.22. The van der Waals surface area contributed by atoms with E-state index in [1.54, 1.807) is 6.26 Å². The smallest absolute Gasteiger partial charge is 0.117 e. The quantitative estimate of drug-likeness (QED) is 0.732. The molecule has 1 aromatic rings. The predicted octanol–water partition coefficient (Wildman–Crippen LogP) is 1.92. The number of nitrogens with one attached hydrogen (secondary N) is 1. The zero-order valence-electron chi connectivity index (χ0n) is 8.92. The highest BCUT2D eigenvalue weighted by molar-refractivity contribution is 4.99.